The van der Waals surface area contributed by atoms with E-state index in [9.17, 15) is 8.42 Å². The van der Waals surface area contributed by atoms with Gasteiger partial charge in [-0.25, -0.2) is 18.1 Å². The van der Waals surface area contributed by atoms with E-state index in [4.69, 9.17) is 5.73 Å². The Balaban J connectivity index is 1.89. The van der Waals surface area contributed by atoms with Crippen molar-refractivity contribution in [3.05, 3.63) is 24.0 Å². The Kier molecular flexibility index (Phi) is 3.58. The molecule has 3 rings (SSSR count). The van der Waals surface area contributed by atoms with Gasteiger partial charge in [-0.2, -0.15) is 4.37 Å². The Labute approximate surface area is 133 Å². The molecule has 1 saturated carbocycles. The van der Waals surface area contributed by atoms with Crippen molar-refractivity contribution in [2.45, 2.75) is 37.1 Å². The third-order valence-corrected chi connectivity index (χ3v) is 5.84. The molecular weight excluding hydrogens is 322 g/mol. The van der Waals surface area contributed by atoms with Gasteiger partial charge in [-0.15, -0.1) is 0 Å². The molecule has 0 spiro atoms. The smallest absolute Gasteiger partial charge is 0.241 e. The van der Waals surface area contributed by atoms with E-state index in [1.54, 1.807) is 13.0 Å². The quantitative estimate of drug-likeness (QED) is 0.719. The molecule has 9 heteroatoms. The minimum atomic E-state index is -3.56. The van der Waals surface area contributed by atoms with Crippen molar-refractivity contribution < 1.29 is 8.42 Å². The van der Waals surface area contributed by atoms with E-state index < -0.39 is 10.0 Å². The number of sulfonamides is 1. The maximum atomic E-state index is 12.4. The summed E-state index contributed by atoms with van der Waals surface area (Å²) in [5.41, 5.74) is 6.54. The fourth-order valence-corrected chi connectivity index (χ4v) is 4.03. The molecule has 22 heavy (non-hydrogen) atoms. The second-order valence-corrected chi connectivity index (χ2v) is 8.12. The molecule has 7 nitrogen and oxygen atoms in total. The molecule has 0 aliphatic heterocycles. The van der Waals surface area contributed by atoms with Crippen LogP contribution in [0, 0.1) is 6.92 Å². The molecule has 0 amide bonds. The highest BCUT2D eigenvalue weighted by molar-refractivity contribution is 7.89. The zero-order valence-corrected chi connectivity index (χ0v) is 13.9. The van der Waals surface area contributed by atoms with Gasteiger partial charge in [-0.1, -0.05) is 0 Å². The highest BCUT2D eigenvalue weighted by Gasteiger charge is 2.41. The van der Waals surface area contributed by atoms with Crippen LogP contribution in [-0.4, -0.2) is 23.3 Å². The third-order valence-electron chi connectivity index (χ3n) is 3.48. The number of hydrogen-bond donors (Lipinski definition) is 3. The number of aryl methyl sites for hydroxylation is 1. The summed E-state index contributed by atoms with van der Waals surface area (Å²) in [6.07, 6.45) is 1.72. The highest BCUT2D eigenvalue weighted by Crippen LogP contribution is 2.36. The largest absolute Gasteiger partial charge is 0.397 e. The maximum Gasteiger partial charge on any atom is 0.241 e. The maximum absolute atomic E-state index is 12.4. The Bertz CT molecular complexity index is 812. The number of nitrogens with zero attached hydrogens (tertiary/aromatic N) is 2. The molecule has 1 aliphatic carbocycles. The van der Waals surface area contributed by atoms with Crippen LogP contribution in [0.2, 0.25) is 0 Å². The molecule has 0 radical (unpaired) electrons. The highest BCUT2D eigenvalue weighted by atomic mass is 32.2. The van der Waals surface area contributed by atoms with Crippen molar-refractivity contribution in [3.8, 4) is 0 Å². The summed E-state index contributed by atoms with van der Waals surface area (Å²) < 4.78 is 31.6. The predicted molar refractivity (Wildman–Crippen MR) is 86.7 cm³/mol. The first-order valence-corrected chi connectivity index (χ1v) is 9.04. The van der Waals surface area contributed by atoms with Crippen LogP contribution in [0.5, 0.6) is 0 Å². The number of rotatable bonds is 5. The van der Waals surface area contributed by atoms with Gasteiger partial charge in [0, 0.05) is 17.1 Å². The summed E-state index contributed by atoms with van der Waals surface area (Å²) in [5.74, 6) is 0.651. The van der Waals surface area contributed by atoms with Crippen molar-refractivity contribution >= 4 is 38.1 Å². The van der Waals surface area contributed by atoms with Gasteiger partial charge in [0.1, 0.15) is 5.82 Å². The summed E-state index contributed by atoms with van der Waals surface area (Å²) >= 11 is 1.19. The molecule has 0 unspecified atom stereocenters. The SMILES string of the molecule is Cc1nsc(Nc2cc(S(=O)(=O)NC3(C)CC3)ccc2N)n1. The lowest BCUT2D eigenvalue weighted by Gasteiger charge is -2.14. The van der Waals surface area contributed by atoms with Crippen LogP contribution in [0.3, 0.4) is 0 Å². The topological polar surface area (TPSA) is 110 Å². The van der Waals surface area contributed by atoms with Crippen molar-refractivity contribution in [1.29, 1.82) is 0 Å². The number of nitrogen functional groups attached to an aromatic ring is 1. The van der Waals surface area contributed by atoms with E-state index >= 15 is 0 Å². The van der Waals surface area contributed by atoms with Gasteiger partial charge in [0.05, 0.1) is 16.3 Å². The molecule has 118 valence electrons. The second kappa shape index (κ2) is 5.18. The fourth-order valence-electron chi connectivity index (χ4n) is 1.95. The van der Waals surface area contributed by atoms with Crippen LogP contribution in [0.4, 0.5) is 16.5 Å². The number of nitrogens with two attached hydrogens (primary N) is 1. The van der Waals surface area contributed by atoms with Gasteiger partial charge in [-0.3, -0.25) is 0 Å². The first-order valence-electron chi connectivity index (χ1n) is 6.78. The Morgan fingerprint density at radius 3 is 2.68 bits per heavy atom. The van der Waals surface area contributed by atoms with Crippen molar-refractivity contribution in [1.82, 2.24) is 14.1 Å². The molecule has 1 aliphatic rings. The van der Waals surface area contributed by atoms with Crippen molar-refractivity contribution in [3.63, 3.8) is 0 Å². The van der Waals surface area contributed by atoms with Gasteiger partial charge >= 0.3 is 0 Å². The molecule has 1 aromatic heterocycles. The number of aromatic nitrogens is 2. The zero-order valence-electron chi connectivity index (χ0n) is 12.3. The summed E-state index contributed by atoms with van der Waals surface area (Å²) in [6.45, 7) is 3.68. The van der Waals surface area contributed by atoms with Crippen LogP contribution >= 0.6 is 11.5 Å². The molecule has 1 fully saturated rings. The average Bonchev–Trinajstić information content (AvgIpc) is 2.99. The van der Waals surface area contributed by atoms with E-state index in [1.165, 1.54) is 23.7 Å². The van der Waals surface area contributed by atoms with Gasteiger partial charge in [-0.05, 0) is 44.9 Å². The number of benzene rings is 1. The lowest BCUT2D eigenvalue weighted by molar-refractivity contribution is 0.558. The number of anilines is 3. The molecule has 0 bridgehead atoms. The number of nitrogens with one attached hydrogen (secondary N) is 2. The monoisotopic (exact) mass is 339 g/mol. The van der Waals surface area contributed by atoms with Gasteiger partial charge in [0.25, 0.3) is 0 Å². The van der Waals surface area contributed by atoms with Gasteiger partial charge < -0.3 is 11.1 Å². The van der Waals surface area contributed by atoms with Crippen LogP contribution < -0.4 is 15.8 Å². The van der Waals surface area contributed by atoms with Crippen molar-refractivity contribution in [2.24, 2.45) is 0 Å². The Morgan fingerprint density at radius 1 is 1.36 bits per heavy atom. The molecule has 0 atom stereocenters. The zero-order chi connectivity index (χ0) is 16.0. The first kappa shape index (κ1) is 15.2. The van der Waals surface area contributed by atoms with Crippen LogP contribution in [-0.2, 0) is 10.0 Å². The molecule has 1 heterocycles. The summed E-state index contributed by atoms with van der Waals surface area (Å²) in [7, 11) is -3.56. The van der Waals surface area contributed by atoms with E-state index in [0.29, 0.717) is 22.3 Å². The second-order valence-electron chi connectivity index (χ2n) is 5.69. The van der Waals surface area contributed by atoms with Gasteiger partial charge in [0.15, 0.2) is 0 Å². The Morgan fingerprint density at radius 2 is 2.09 bits per heavy atom. The third kappa shape index (κ3) is 3.21. The van der Waals surface area contributed by atoms with E-state index in [0.717, 1.165) is 12.8 Å². The normalized spacial score (nSPS) is 16.5. The van der Waals surface area contributed by atoms with Gasteiger partial charge in [0.2, 0.25) is 15.2 Å². The minimum absolute atomic E-state index is 0.179. The predicted octanol–water partition coefficient (Wildman–Crippen LogP) is 2.00. The minimum Gasteiger partial charge on any atom is -0.397 e. The first-order chi connectivity index (χ1) is 10.3. The molecule has 0 saturated heterocycles. The molecule has 4 N–H and O–H groups in total. The van der Waals surface area contributed by atoms with Crippen LogP contribution in [0.15, 0.2) is 23.1 Å². The van der Waals surface area contributed by atoms with Crippen molar-refractivity contribution in [2.75, 3.05) is 11.1 Å². The number of hydrogen-bond acceptors (Lipinski definition) is 7. The van der Waals surface area contributed by atoms with Crippen LogP contribution in [0.1, 0.15) is 25.6 Å². The molecule has 2 aromatic rings. The lowest BCUT2D eigenvalue weighted by atomic mass is 10.3. The van der Waals surface area contributed by atoms with E-state index in [2.05, 4.69) is 19.4 Å². The molecular formula is C13H17N5O2S2. The lowest BCUT2D eigenvalue weighted by Crippen LogP contribution is -2.34. The van der Waals surface area contributed by atoms with E-state index in [-0.39, 0.29) is 10.4 Å². The fraction of sp³-hybridized carbons (Fsp3) is 0.385. The summed E-state index contributed by atoms with van der Waals surface area (Å²) in [6, 6.07) is 4.58. The Hall–Kier alpha value is -1.71. The standard InChI is InChI=1S/C13H17N5O2S2/c1-8-15-12(21-17-8)16-11-7-9(3-4-10(11)14)22(19,20)18-13(2)5-6-13/h3-4,7,18H,5-6,14H2,1-2H3,(H,15,16,17). The summed E-state index contributed by atoms with van der Waals surface area (Å²) in [5, 5.41) is 3.58. The van der Waals surface area contributed by atoms with Crippen LogP contribution in [0.25, 0.3) is 0 Å². The average molecular weight is 339 g/mol. The van der Waals surface area contributed by atoms with E-state index in [1.807, 2.05) is 6.92 Å². The molecule has 1 aromatic carbocycles. The summed E-state index contributed by atoms with van der Waals surface area (Å²) in [4.78, 5) is 4.36.